The largest absolute Gasteiger partial charge is 0.467 e. The molecule has 0 bridgehead atoms. The lowest BCUT2D eigenvalue weighted by atomic mass is 9.93. The number of methoxy groups -OCH3 is 1. The Morgan fingerprint density at radius 2 is 1.73 bits per heavy atom. The second-order valence-corrected chi connectivity index (χ2v) is 8.27. The van der Waals surface area contributed by atoms with Gasteiger partial charge in [0.25, 0.3) is 5.91 Å². The Morgan fingerprint density at radius 3 is 2.45 bits per heavy atom. The predicted octanol–water partition coefficient (Wildman–Crippen LogP) is 3.68. The molecule has 0 aliphatic carbocycles. The van der Waals surface area contributed by atoms with Crippen LogP contribution in [0, 0.1) is 6.92 Å². The number of carbonyl (C=O) groups excluding carboxylic acids is 2. The monoisotopic (exact) mass is 440 g/mol. The first-order chi connectivity index (χ1) is 16.0. The van der Waals surface area contributed by atoms with E-state index in [1.54, 1.807) is 9.58 Å². The molecule has 33 heavy (non-hydrogen) atoms. The van der Waals surface area contributed by atoms with Crippen molar-refractivity contribution in [1.82, 2.24) is 19.7 Å². The maximum absolute atomic E-state index is 14.1. The van der Waals surface area contributed by atoms with E-state index in [1.807, 2.05) is 74.6 Å². The van der Waals surface area contributed by atoms with E-state index in [4.69, 9.17) is 9.72 Å². The number of carbonyl (C=O) groups is 2. The van der Waals surface area contributed by atoms with Crippen molar-refractivity contribution in [3.8, 4) is 11.3 Å². The molecule has 166 valence electrons. The average Bonchev–Trinajstić information content (AvgIpc) is 3.15. The highest BCUT2D eigenvalue weighted by Gasteiger charge is 2.37. The normalized spacial score (nSPS) is 15.4. The summed E-state index contributed by atoms with van der Waals surface area (Å²) in [6.45, 7) is 2.20. The average molecular weight is 441 g/mol. The number of benzene rings is 2. The Bertz CT molecular complexity index is 1380. The summed E-state index contributed by atoms with van der Waals surface area (Å²) >= 11 is 0. The van der Waals surface area contributed by atoms with Crippen LogP contribution in [0.2, 0.25) is 0 Å². The smallest absolute Gasteiger partial charge is 0.328 e. The van der Waals surface area contributed by atoms with Crippen molar-refractivity contribution in [2.75, 3.05) is 7.11 Å². The van der Waals surface area contributed by atoms with Gasteiger partial charge in [-0.05, 0) is 24.1 Å². The van der Waals surface area contributed by atoms with Gasteiger partial charge in [-0.1, -0.05) is 54.6 Å². The van der Waals surface area contributed by atoms with Crippen LogP contribution < -0.4 is 0 Å². The number of ether oxygens (including phenoxy) is 1. The van der Waals surface area contributed by atoms with E-state index in [1.165, 1.54) is 7.11 Å². The number of pyridine rings is 1. The van der Waals surface area contributed by atoms with Crippen LogP contribution in [0.5, 0.6) is 0 Å². The van der Waals surface area contributed by atoms with Crippen LogP contribution in [0.4, 0.5) is 0 Å². The van der Waals surface area contributed by atoms with Gasteiger partial charge in [0.2, 0.25) is 0 Å². The summed E-state index contributed by atoms with van der Waals surface area (Å²) in [6.07, 6.45) is 0.417. The number of amides is 1. The molecule has 5 rings (SSSR count). The van der Waals surface area contributed by atoms with Crippen molar-refractivity contribution in [3.05, 3.63) is 83.0 Å². The van der Waals surface area contributed by atoms with Gasteiger partial charge >= 0.3 is 5.97 Å². The van der Waals surface area contributed by atoms with Crippen molar-refractivity contribution in [3.63, 3.8) is 0 Å². The van der Waals surface area contributed by atoms with Gasteiger partial charge in [0.1, 0.15) is 6.04 Å². The van der Waals surface area contributed by atoms with E-state index >= 15 is 0 Å². The third kappa shape index (κ3) is 3.55. The van der Waals surface area contributed by atoms with Crippen molar-refractivity contribution in [1.29, 1.82) is 0 Å². The minimum Gasteiger partial charge on any atom is -0.467 e. The summed E-state index contributed by atoms with van der Waals surface area (Å²) < 4.78 is 6.76. The van der Waals surface area contributed by atoms with Crippen LogP contribution in [0.25, 0.3) is 22.3 Å². The number of nitrogens with zero attached hydrogens (tertiary/aromatic N) is 4. The molecule has 0 saturated carbocycles. The molecule has 2 aromatic heterocycles. The summed E-state index contributed by atoms with van der Waals surface area (Å²) in [5.74, 6) is -0.657. The lowest BCUT2D eigenvalue weighted by Crippen LogP contribution is -2.49. The molecular formula is C26H24N4O3. The fraction of sp³-hybridized carbons (Fsp3) is 0.231. The highest BCUT2D eigenvalue weighted by molar-refractivity contribution is 6.08. The summed E-state index contributed by atoms with van der Waals surface area (Å²) in [6, 6.07) is 18.7. The Labute approximate surface area is 191 Å². The molecule has 4 aromatic rings. The summed E-state index contributed by atoms with van der Waals surface area (Å²) in [7, 11) is 3.18. The number of fused-ring (bicyclic) bond motifs is 2. The lowest BCUT2D eigenvalue weighted by molar-refractivity contribution is -0.146. The summed E-state index contributed by atoms with van der Waals surface area (Å²) in [5, 5.41) is 5.21. The molecule has 3 heterocycles. The molecule has 2 aromatic carbocycles. The molecule has 1 aliphatic rings. The van der Waals surface area contributed by atoms with Crippen LogP contribution in [0.3, 0.4) is 0 Å². The number of aromatic nitrogens is 3. The molecule has 0 saturated heterocycles. The number of aryl methyl sites for hydroxylation is 2. The van der Waals surface area contributed by atoms with E-state index < -0.39 is 12.0 Å². The standard InChI is InChI=1S/C26H24N4O3/c1-16-23-20(14-21(17-9-5-4-6-10-17)27-24(23)29(2)28-16)25(31)30-15-19-12-8-7-11-18(19)13-22(30)26(32)33-3/h4-12,14,22H,13,15H2,1-3H3. The van der Waals surface area contributed by atoms with E-state index in [0.717, 1.165) is 22.4 Å². The molecule has 7 heteroatoms. The van der Waals surface area contributed by atoms with Gasteiger partial charge in [-0.2, -0.15) is 5.10 Å². The molecule has 1 aliphatic heterocycles. The minimum absolute atomic E-state index is 0.236. The Kier molecular flexibility index (Phi) is 5.17. The van der Waals surface area contributed by atoms with Crippen molar-refractivity contribution < 1.29 is 14.3 Å². The van der Waals surface area contributed by atoms with E-state index in [0.29, 0.717) is 35.3 Å². The Balaban J connectivity index is 1.67. The van der Waals surface area contributed by atoms with Gasteiger partial charge in [0, 0.05) is 25.6 Å². The quantitative estimate of drug-likeness (QED) is 0.454. The van der Waals surface area contributed by atoms with E-state index in [-0.39, 0.29) is 5.91 Å². The fourth-order valence-electron chi connectivity index (χ4n) is 4.61. The molecular weight excluding hydrogens is 416 g/mol. The van der Waals surface area contributed by atoms with Gasteiger partial charge in [-0.25, -0.2) is 9.78 Å². The number of rotatable bonds is 3. The number of hydrogen-bond donors (Lipinski definition) is 0. The number of esters is 1. The zero-order valence-corrected chi connectivity index (χ0v) is 18.8. The van der Waals surface area contributed by atoms with Gasteiger partial charge in [-0.3, -0.25) is 9.48 Å². The highest BCUT2D eigenvalue weighted by atomic mass is 16.5. The van der Waals surface area contributed by atoms with Crippen LogP contribution in [0.15, 0.2) is 60.7 Å². The lowest BCUT2D eigenvalue weighted by Gasteiger charge is -2.35. The third-order valence-corrected chi connectivity index (χ3v) is 6.25. The van der Waals surface area contributed by atoms with E-state index in [2.05, 4.69) is 5.10 Å². The second-order valence-electron chi connectivity index (χ2n) is 8.27. The van der Waals surface area contributed by atoms with Crippen LogP contribution in [0.1, 0.15) is 27.2 Å². The minimum atomic E-state index is -0.697. The molecule has 1 unspecified atom stereocenters. The first kappa shape index (κ1) is 20.9. The van der Waals surface area contributed by atoms with Crippen LogP contribution in [-0.2, 0) is 29.5 Å². The van der Waals surface area contributed by atoms with E-state index in [9.17, 15) is 9.59 Å². The number of hydrogen-bond acceptors (Lipinski definition) is 5. The van der Waals surface area contributed by atoms with Crippen molar-refractivity contribution in [2.24, 2.45) is 7.05 Å². The first-order valence-electron chi connectivity index (χ1n) is 10.8. The highest BCUT2D eigenvalue weighted by Crippen LogP contribution is 2.31. The molecule has 7 nitrogen and oxygen atoms in total. The fourth-order valence-corrected chi connectivity index (χ4v) is 4.61. The molecule has 0 fully saturated rings. The summed E-state index contributed by atoms with van der Waals surface area (Å²) in [5.41, 5.74) is 5.50. The second kappa shape index (κ2) is 8.16. The zero-order valence-electron chi connectivity index (χ0n) is 18.8. The molecule has 1 amide bonds. The van der Waals surface area contributed by atoms with Gasteiger partial charge in [-0.15, -0.1) is 0 Å². The van der Waals surface area contributed by atoms with Gasteiger partial charge in [0.15, 0.2) is 5.65 Å². The third-order valence-electron chi connectivity index (χ3n) is 6.25. The predicted molar refractivity (Wildman–Crippen MR) is 125 cm³/mol. The molecule has 0 spiro atoms. The molecule has 0 radical (unpaired) electrons. The van der Waals surface area contributed by atoms with Crippen LogP contribution in [-0.4, -0.2) is 44.7 Å². The van der Waals surface area contributed by atoms with Crippen molar-refractivity contribution in [2.45, 2.75) is 25.9 Å². The van der Waals surface area contributed by atoms with Gasteiger partial charge < -0.3 is 9.64 Å². The summed E-state index contributed by atoms with van der Waals surface area (Å²) in [4.78, 5) is 33.2. The van der Waals surface area contributed by atoms with Crippen LogP contribution >= 0.6 is 0 Å². The molecule has 0 N–H and O–H groups in total. The Hall–Kier alpha value is -4.00. The topological polar surface area (TPSA) is 77.3 Å². The first-order valence-corrected chi connectivity index (χ1v) is 10.8. The Morgan fingerprint density at radius 1 is 1.03 bits per heavy atom. The maximum Gasteiger partial charge on any atom is 0.328 e. The van der Waals surface area contributed by atoms with Crippen molar-refractivity contribution >= 4 is 22.9 Å². The van der Waals surface area contributed by atoms with Gasteiger partial charge in [0.05, 0.1) is 29.4 Å². The zero-order chi connectivity index (χ0) is 23.1. The molecule has 1 atom stereocenters. The maximum atomic E-state index is 14.1. The SMILES string of the molecule is COC(=O)C1Cc2ccccc2CN1C(=O)c1cc(-c2ccccc2)nc2c1c(C)nn2C.